The molecule has 0 aliphatic carbocycles. The van der Waals surface area contributed by atoms with Crippen molar-refractivity contribution < 1.29 is 14.7 Å². The molecule has 3 N–H and O–H groups in total. The molecule has 2 amide bonds. The van der Waals surface area contributed by atoms with Crippen LogP contribution in [-0.2, 0) is 4.79 Å². The van der Waals surface area contributed by atoms with Gasteiger partial charge < -0.3 is 10.8 Å². The van der Waals surface area contributed by atoms with E-state index in [0.717, 1.165) is 4.90 Å². The van der Waals surface area contributed by atoms with Gasteiger partial charge in [-0.1, -0.05) is 48.5 Å². The average molecular weight is 270 g/mol. The number of benzene rings is 2. The van der Waals surface area contributed by atoms with E-state index in [4.69, 9.17) is 5.73 Å². The first kappa shape index (κ1) is 13.6. The lowest BCUT2D eigenvalue weighted by Gasteiger charge is -2.27. The normalized spacial score (nSPS) is 11.6. The van der Waals surface area contributed by atoms with Crippen LogP contribution in [-0.4, -0.2) is 17.1 Å². The van der Waals surface area contributed by atoms with Crippen molar-refractivity contribution in [1.29, 1.82) is 0 Å². The maximum atomic E-state index is 11.7. The number of carboxylic acids is 1. The number of hydrogen-bond donors (Lipinski definition) is 2. The number of rotatable bonds is 4. The van der Waals surface area contributed by atoms with Crippen LogP contribution in [0.15, 0.2) is 60.7 Å². The standard InChI is InChI=1S/C15H14N2O3/c16-15(20)17(12-9-5-2-6-10-12)13(14(18)19)11-7-3-1-4-8-11/h1-10,13H,(H2,16,20)(H,18,19). The molecule has 0 aliphatic rings. The van der Waals surface area contributed by atoms with E-state index < -0.39 is 18.0 Å². The van der Waals surface area contributed by atoms with Crippen LogP contribution in [0.3, 0.4) is 0 Å². The van der Waals surface area contributed by atoms with Crippen molar-refractivity contribution in [3.63, 3.8) is 0 Å². The lowest BCUT2D eigenvalue weighted by Crippen LogP contribution is -2.42. The Labute approximate surface area is 116 Å². The van der Waals surface area contributed by atoms with Crippen LogP contribution >= 0.6 is 0 Å². The van der Waals surface area contributed by atoms with Gasteiger partial charge in [0.2, 0.25) is 0 Å². The van der Waals surface area contributed by atoms with Crippen molar-refractivity contribution in [3.05, 3.63) is 66.2 Å². The Morgan fingerprint density at radius 1 is 0.950 bits per heavy atom. The van der Waals surface area contributed by atoms with Crippen molar-refractivity contribution in [2.24, 2.45) is 5.73 Å². The third kappa shape index (κ3) is 2.77. The summed E-state index contributed by atoms with van der Waals surface area (Å²) in [5.41, 5.74) is 6.30. The topological polar surface area (TPSA) is 83.6 Å². The zero-order valence-electron chi connectivity index (χ0n) is 10.6. The highest BCUT2D eigenvalue weighted by atomic mass is 16.4. The van der Waals surface area contributed by atoms with Crippen molar-refractivity contribution in [1.82, 2.24) is 0 Å². The largest absolute Gasteiger partial charge is 0.479 e. The predicted molar refractivity (Wildman–Crippen MR) is 75.3 cm³/mol. The molecule has 2 aromatic carbocycles. The summed E-state index contributed by atoms with van der Waals surface area (Å²) in [6.45, 7) is 0. The Morgan fingerprint density at radius 3 is 1.90 bits per heavy atom. The third-order valence-corrected chi connectivity index (χ3v) is 2.88. The highest BCUT2D eigenvalue weighted by molar-refractivity contribution is 5.97. The summed E-state index contributed by atoms with van der Waals surface area (Å²) >= 11 is 0. The lowest BCUT2D eigenvalue weighted by atomic mass is 10.0. The zero-order chi connectivity index (χ0) is 14.5. The summed E-state index contributed by atoms with van der Waals surface area (Å²) < 4.78 is 0. The van der Waals surface area contributed by atoms with Crippen LogP contribution in [0.1, 0.15) is 11.6 Å². The van der Waals surface area contributed by atoms with Gasteiger partial charge in [-0.15, -0.1) is 0 Å². The highest BCUT2D eigenvalue weighted by Gasteiger charge is 2.31. The molecular formula is C15H14N2O3. The molecule has 0 saturated carbocycles. The van der Waals surface area contributed by atoms with E-state index in [1.54, 1.807) is 60.7 Å². The maximum absolute atomic E-state index is 11.7. The molecule has 0 bridgehead atoms. The Bertz CT molecular complexity index is 544. The number of carbonyl (C=O) groups excluding carboxylic acids is 1. The molecule has 2 aromatic rings. The lowest BCUT2D eigenvalue weighted by molar-refractivity contribution is -0.138. The van der Waals surface area contributed by atoms with Crippen LogP contribution in [0.25, 0.3) is 0 Å². The van der Waals surface area contributed by atoms with E-state index in [2.05, 4.69) is 0 Å². The summed E-state index contributed by atoms with van der Waals surface area (Å²) in [5, 5.41) is 9.46. The van der Waals surface area contributed by atoms with Gasteiger partial charge >= 0.3 is 12.0 Å². The third-order valence-electron chi connectivity index (χ3n) is 2.88. The van der Waals surface area contributed by atoms with E-state index in [1.165, 1.54) is 0 Å². The van der Waals surface area contributed by atoms with Crippen molar-refractivity contribution in [2.75, 3.05) is 4.90 Å². The molecule has 5 heteroatoms. The van der Waals surface area contributed by atoms with Crippen LogP contribution in [0.4, 0.5) is 10.5 Å². The smallest absolute Gasteiger partial charge is 0.331 e. The second kappa shape index (κ2) is 5.88. The second-order valence-electron chi connectivity index (χ2n) is 4.20. The van der Waals surface area contributed by atoms with Gasteiger partial charge in [-0.3, -0.25) is 4.90 Å². The molecule has 0 radical (unpaired) electrons. The first-order chi connectivity index (χ1) is 9.61. The fourth-order valence-corrected chi connectivity index (χ4v) is 2.03. The fraction of sp³-hybridized carbons (Fsp3) is 0.0667. The number of para-hydroxylation sites is 1. The first-order valence-corrected chi connectivity index (χ1v) is 6.02. The van der Waals surface area contributed by atoms with Crippen molar-refractivity contribution in [2.45, 2.75) is 6.04 Å². The molecule has 2 rings (SSSR count). The van der Waals surface area contributed by atoms with Gasteiger partial charge in [-0.05, 0) is 17.7 Å². The Hall–Kier alpha value is -2.82. The van der Waals surface area contributed by atoms with E-state index in [9.17, 15) is 14.7 Å². The molecule has 0 heterocycles. The molecule has 1 atom stereocenters. The number of nitrogens with two attached hydrogens (primary N) is 1. The minimum absolute atomic E-state index is 0.441. The molecule has 102 valence electrons. The van der Waals surface area contributed by atoms with Crippen LogP contribution in [0.2, 0.25) is 0 Å². The molecule has 1 unspecified atom stereocenters. The van der Waals surface area contributed by atoms with E-state index in [0.29, 0.717) is 11.3 Å². The maximum Gasteiger partial charge on any atom is 0.331 e. The van der Waals surface area contributed by atoms with Gasteiger partial charge in [-0.25, -0.2) is 9.59 Å². The summed E-state index contributed by atoms with van der Waals surface area (Å²) in [5.74, 6) is -1.14. The van der Waals surface area contributed by atoms with Crippen molar-refractivity contribution >= 4 is 17.7 Å². The number of primary amides is 1. The molecule has 0 fully saturated rings. The highest BCUT2D eigenvalue weighted by Crippen LogP contribution is 2.27. The fourth-order valence-electron chi connectivity index (χ4n) is 2.03. The number of hydrogen-bond acceptors (Lipinski definition) is 2. The molecule has 0 aliphatic heterocycles. The summed E-state index contributed by atoms with van der Waals surface area (Å²) in [6, 6.07) is 15.0. The Morgan fingerprint density at radius 2 is 1.45 bits per heavy atom. The van der Waals surface area contributed by atoms with Gasteiger partial charge in [-0.2, -0.15) is 0 Å². The molecule has 5 nitrogen and oxygen atoms in total. The first-order valence-electron chi connectivity index (χ1n) is 6.02. The molecule has 0 saturated heterocycles. The van der Waals surface area contributed by atoms with Crippen LogP contribution in [0.5, 0.6) is 0 Å². The van der Waals surface area contributed by atoms with E-state index >= 15 is 0 Å². The summed E-state index contributed by atoms with van der Waals surface area (Å²) in [4.78, 5) is 24.3. The number of nitrogens with zero attached hydrogens (tertiary/aromatic N) is 1. The molecule has 20 heavy (non-hydrogen) atoms. The van der Waals surface area contributed by atoms with Crippen molar-refractivity contribution in [3.8, 4) is 0 Å². The quantitative estimate of drug-likeness (QED) is 0.894. The summed E-state index contributed by atoms with van der Waals surface area (Å²) in [7, 11) is 0. The Kier molecular flexibility index (Phi) is 4.00. The van der Waals surface area contributed by atoms with Crippen LogP contribution in [0, 0.1) is 0 Å². The minimum Gasteiger partial charge on any atom is -0.479 e. The van der Waals surface area contributed by atoms with E-state index in [1.807, 2.05) is 0 Å². The SMILES string of the molecule is NC(=O)N(c1ccccc1)C(C(=O)O)c1ccccc1. The zero-order valence-corrected chi connectivity index (χ0v) is 10.6. The predicted octanol–water partition coefficient (Wildman–Crippen LogP) is 2.40. The van der Waals surface area contributed by atoms with Gasteiger partial charge in [0.05, 0.1) is 0 Å². The second-order valence-corrected chi connectivity index (χ2v) is 4.20. The van der Waals surface area contributed by atoms with Gasteiger partial charge in [0.15, 0.2) is 6.04 Å². The minimum atomic E-state index is -1.16. The Balaban J connectivity index is 2.50. The number of carbonyl (C=O) groups is 2. The van der Waals surface area contributed by atoms with E-state index in [-0.39, 0.29) is 0 Å². The van der Waals surface area contributed by atoms with Gasteiger partial charge in [0, 0.05) is 5.69 Å². The molecule has 0 aromatic heterocycles. The van der Waals surface area contributed by atoms with Gasteiger partial charge in [0.25, 0.3) is 0 Å². The number of urea groups is 1. The average Bonchev–Trinajstić information content (AvgIpc) is 2.45. The number of anilines is 1. The number of amides is 2. The molecular weight excluding hydrogens is 256 g/mol. The number of carboxylic acid groups (broad SMARTS) is 1. The van der Waals surface area contributed by atoms with Crippen LogP contribution < -0.4 is 10.6 Å². The van der Waals surface area contributed by atoms with Gasteiger partial charge in [0.1, 0.15) is 0 Å². The monoisotopic (exact) mass is 270 g/mol. The number of aliphatic carboxylic acids is 1. The summed E-state index contributed by atoms with van der Waals surface area (Å²) in [6.07, 6.45) is 0. The molecule has 0 spiro atoms.